The summed E-state index contributed by atoms with van der Waals surface area (Å²) in [7, 11) is 0. The number of aliphatic carboxylic acids is 1. The van der Waals surface area contributed by atoms with E-state index in [2.05, 4.69) is 43.0 Å². The second kappa shape index (κ2) is 7.78. The largest absolute Gasteiger partial charge is 0.480 e. The van der Waals surface area contributed by atoms with Gasteiger partial charge in [0.2, 0.25) is 5.91 Å². The first-order valence-electron chi connectivity index (χ1n) is 9.69. The Morgan fingerprint density at radius 3 is 2.46 bits per heavy atom. The summed E-state index contributed by atoms with van der Waals surface area (Å²) >= 11 is 0. The minimum Gasteiger partial charge on any atom is -0.480 e. The van der Waals surface area contributed by atoms with Crippen LogP contribution in [0.1, 0.15) is 38.7 Å². The molecule has 2 aliphatic heterocycles. The highest BCUT2D eigenvalue weighted by molar-refractivity contribution is 5.85. The SMILES string of the molecule is CC(C)CN1C(=O)C2(CCN(CC(=O)O)CC2)C[C@H]1Cc1ccccc1. The van der Waals surface area contributed by atoms with Gasteiger partial charge in [-0.3, -0.25) is 14.5 Å². The standard InChI is InChI=1S/C21H30N2O3/c1-16(2)14-23-18(12-17-6-4-3-5-7-17)13-21(20(23)26)8-10-22(11-9-21)15-19(24)25/h3-7,16,18H,8-15H2,1-2H3,(H,24,25)/t18-/m1/s1. The van der Waals surface area contributed by atoms with Gasteiger partial charge in [-0.25, -0.2) is 0 Å². The average molecular weight is 358 g/mol. The average Bonchev–Trinajstić information content (AvgIpc) is 2.83. The second-order valence-electron chi connectivity index (χ2n) is 8.35. The van der Waals surface area contributed by atoms with Crippen molar-refractivity contribution in [3.63, 3.8) is 0 Å². The summed E-state index contributed by atoms with van der Waals surface area (Å²) in [6, 6.07) is 10.7. The van der Waals surface area contributed by atoms with E-state index in [4.69, 9.17) is 5.11 Å². The van der Waals surface area contributed by atoms with Crippen LogP contribution >= 0.6 is 0 Å². The molecular formula is C21H30N2O3. The fourth-order valence-electron chi connectivity index (χ4n) is 4.56. The molecule has 1 amide bonds. The summed E-state index contributed by atoms with van der Waals surface area (Å²) in [6.45, 7) is 6.60. The first-order valence-corrected chi connectivity index (χ1v) is 9.69. The Morgan fingerprint density at radius 2 is 1.88 bits per heavy atom. The zero-order valence-corrected chi connectivity index (χ0v) is 15.9. The maximum Gasteiger partial charge on any atom is 0.317 e. The Bertz CT molecular complexity index is 636. The Kier molecular flexibility index (Phi) is 5.66. The van der Waals surface area contributed by atoms with Gasteiger partial charge in [0.05, 0.1) is 12.0 Å². The van der Waals surface area contributed by atoms with Crippen molar-refractivity contribution in [3.8, 4) is 0 Å². The van der Waals surface area contributed by atoms with E-state index in [1.807, 2.05) is 11.0 Å². The number of carbonyl (C=O) groups excluding carboxylic acids is 1. The van der Waals surface area contributed by atoms with Crippen molar-refractivity contribution in [2.45, 2.75) is 45.6 Å². The number of nitrogens with zero attached hydrogens (tertiary/aromatic N) is 2. The van der Waals surface area contributed by atoms with Crippen LogP contribution in [0.2, 0.25) is 0 Å². The van der Waals surface area contributed by atoms with Gasteiger partial charge in [0, 0.05) is 12.6 Å². The maximum absolute atomic E-state index is 13.3. The zero-order chi connectivity index (χ0) is 18.7. The Hall–Kier alpha value is -1.88. The monoisotopic (exact) mass is 358 g/mol. The number of carboxylic acids is 1. The Labute approximate surface area is 156 Å². The molecule has 0 unspecified atom stereocenters. The number of rotatable bonds is 6. The molecule has 26 heavy (non-hydrogen) atoms. The van der Waals surface area contributed by atoms with E-state index in [0.717, 1.165) is 32.2 Å². The molecule has 3 rings (SSSR count). The number of hydrogen-bond acceptors (Lipinski definition) is 3. The summed E-state index contributed by atoms with van der Waals surface area (Å²) in [5.74, 6) is -0.0522. The summed E-state index contributed by atoms with van der Waals surface area (Å²) in [5, 5.41) is 9.01. The third kappa shape index (κ3) is 4.09. The summed E-state index contributed by atoms with van der Waals surface area (Å²) in [6.07, 6.45) is 3.35. The molecule has 0 aliphatic carbocycles. The Balaban J connectivity index is 1.74. The Morgan fingerprint density at radius 1 is 1.23 bits per heavy atom. The molecule has 142 valence electrons. The van der Waals surface area contributed by atoms with Crippen LogP contribution in [0.4, 0.5) is 0 Å². The van der Waals surface area contributed by atoms with Gasteiger partial charge in [-0.15, -0.1) is 0 Å². The molecule has 5 nitrogen and oxygen atoms in total. The molecule has 0 aromatic heterocycles. The molecule has 0 bridgehead atoms. The summed E-state index contributed by atoms with van der Waals surface area (Å²) in [4.78, 5) is 28.4. The molecule has 2 heterocycles. The number of piperidine rings is 1. The van der Waals surface area contributed by atoms with Crippen molar-refractivity contribution in [3.05, 3.63) is 35.9 Å². The highest BCUT2D eigenvalue weighted by atomic mass is 16.4. The number of carboxylic acid groups (broad SMARTS) is 1. The van der Waals surface area contributed by atoms with Gasteiger partial charge < -0.3 is 10.0 Å². The third-order valence-corrected chi connectivity index (χ3v) is 5.83. The van der Waals surface area contributed by atoms with Crippen molar-refractivity contribution in [2.24, 2.45) is 11.3 Å². The molecule has 1 N–H and O–H groups in total. The van der Waals surface area contributed by atoms with Crippen LogP contribution in [0.25, 0.3) is 0 Å². The lowest BCUT2D eigenvalue weighted by Gasteiger charge is -2.37. The van der Waals surface area contributed by atoms with E-state index in [-0.39, 0.29) is 18.0 Å². The number of amides is 1. The first kappa shape index (κ1) is 18.9. The van der Waals surface area contributed by atoms with E-state index < -0.39 is 5.97 Å². The first-order chi connectivity index (χ1) is 12.4. The van der Waals surface area contributed by atoms with Crippen LogP contribution in [0, 0.1) is 11.3 Å². The fourth-order valence-corrected chi connectivity index (χ4v) is 4.56. The lowest BCUT2D eigenvalue weighted by atomic mass is 9.75. The lowest BCUT2D eigenvalue weighted by molar-refractivity contribution is -0.141. The summed E-state index contributed by atoms with van der Waals surface area (Å²) < 4.78 is 0. The van der Waals surface area contributed by atoms with Gasteiger partial charge in [-0.1, -0.05) is 44.2 Å². The highest BCUT2D eigenvalue weighted by Gasteiger charge is 2.52. The maximum atomic E-state index is 13.3. The van der Waals surface area contributed by atoms with Gasteiger partial charge in [0.25, 0.3) is 0 Å². The van der Waals surface area contributed by atoms with Crippen LogP contribution in [-0.2, 0) is 16.0 Å². The number of benzene rings is 1. The molecule has 1 spiro atoms. The van der Waals surface area contributed by atoms with E-state index in [1.165, 1.54) is 5.56 Å². The number of likely N-dealkylation sites (tertiary alicyclic amines) is 2. The quantitative estimate of drug-likeness (QED) is 0.849. The lowest BCUT2D eigenvalue weighted by Crippen LogP contribution is -2.46. The third-order valence-electron chi connectivity index (χ3n) is 5.83. The van der Waals surface area contributed by atoms with Crippen molar-refractivity contribution in [2.75, 3.05) is 26.2 Å². The van der Waals surface area contributed by atoms with Gasteiger partial charge in [-0.2, -0.15) is 0 Å². The molecular weight excluding hydrogens is 328 g/mol. The molecule has 1 atom stereocenters. The normalized spacial score (nSPS) is 23.1. The molecule has 5 heteroatoms. The van der Waals surface area contributed by atoms with Crippen LogP contribution < -0.4 is 0 Å². The molecule has 1 aromatic rings. The molecule has 2 fully saturated rings. The summed E-state index contributed by atoms with van der Waals surface area (Å²) in [5.41, 5.74) is 0.989. The van der Waals surface area contributed by atoms with Crippen LogP contribution in [0.5, 0.6) is 0 Å². The van der Waals surface area contributed by atoms with Crippen molar-refractivity contribution in [1.29, 1.82) is 0 Å². The van der Waals surface area contributed by atoms with Gasteiger partial charge >= 0.3 is 5.97 Å². The number of carbonyl (C=O) groups is 2. The topological polar surface area (TPSA) is 60.9 Å². The van der Waals surface area contributed by atoms with E-state index in [9.17, 15) is 9.59 Å². The molecule has 2 aliphatic rings. The predicted molar refractivity (Wildman–Crippen MR) is 101 cm³/mol. The van der Waals surface area contributed by atoms with Gasteiger partial charge in [0.1, 0.15) is 0 Å². The second-order valence-corrected chi connectivity index (χ2v) is 8.35. The van der Waals surface area contributed by atoms with E-state index in [0.29, 0.717) is 24.9 Å². The molecule has 0 radical (unpaired) electrons. The van der Waals surface area contributed by atoms with Crippen molar-refractivity contribution in [1.82, 2.24) is 9.80 Å². The van der Waals surface area contributed by atoms with E-state index >= 15 is 0 Å². The van der Waals surface area contributed by atoms with Crippen LogP contribution in [0.15, 0.2) is 30.3 Å². The minimum absolute atomic E-state index is 0.0768. The van der Waals surface area contributed by atoms with Crippen LogP contribution in [-0.4, -0.2) is 59.0 Å². The molecule has 0 saturated carbocycles. The van der Waals surface area contributed by atoms with Gasteiger partial charge in [0.15, 0.2) is 0 Å². The van der Waals surface area contributed by atoms with Crippen molar-refractivity contribution >= 4 is 11.9 Å². The highest BCUT2D eigenvalue weighted by Crippen LogP contribution is 2.45. The van der Waals surface area contributed by atoms with Crippen LogP contribution in [0.3, 0.4) is 0 Å². The predicted octanol–water partition coefficient (Wildman–Crippen LogP) is 2.65. The fraction of sp³-hybridized carbons (Fsp3) is 0.619. The van der Waals surface area contributed by atoms with Crippen molar-refractivity contribution < 1.29 is 14.7 Å². The number of hydrogen-bond donors (Lipinski definition) is 1. The van der Waals surface area contributed by atoms with E-state index in [1.54, 1.807) is 0 Å². The molecule has 1 aromatic carbocycles. The molecule has 2 saturated heterocycles. The van der Waals surface area contributed by atoms with Gasteiger partial charge in [-0.05, 0) is 50.3 Å². The minimum atomic E-state index is -0.790. The smallest absolute Gasteiger partial charge is 0.317 e. The zero-order valence-electron chi connectivity index (χ0n) is 15.9.